The average molecular weight is 391 g/mol. The number of piperazine rings is 1. The van der Waals surface area contributed by atoms with Gasteiger partial charge in [-0.15, -0.1) is 24.8 Å². The lowest BCUT2D eigenvalue weighted by atomic mass is 9.80. The molecular formula is C19H32Cl2N2O2. The van der Waals surface area contributed by atoms with E-state index in [4.69, 9.17) is 9.47 Å². The van der Waals surface area contributed by atoms with Crippen LogP contribution in [0.4, 0.5) is 0 Å². The van der Waals surface area contributed by atoms with Crippen molar-refractivity contribution in [1.82, 2.24) is 10.2 Å². The molecule has 1 heterocycles. The second kappa shape index (κ2) is 11.1. The molecule has 1 atom stereocenters. The second-order valence-corrected chi connectivity index (χ2v) is 6.74. The van der Waals surface area contributed by atoms with Crippen LogP contribution in [-0.4, -0.2) is 45.3 Å². The highest BCUT2D eigenvalue weighted by atomic mass is 35.5. The predicted molar refractivity (Wildman–Crippen MR) is 108 cm³/mol. The fourth-order valence-electron chi connectivity index (χ4n) is 4.23. The van der Waals surface area contributed by atoms with E-state index < -0.39 is 0 Å². The minimum Gasteiger partial charge on any atom is -0.493 e. The van der Waals surface area contributed by atoms with Crippen LogP contribution >= 0.6 is 24.8 Å². The molecule has 1 aromatic carbocycles. The first kappa shape index (κ1) is 22.4. The summed E-state index contributed by atoms with van der Waals surface area (Å²) >= 11 is 0. The number of ether oxygens (including phenoxy) is 2. The van der Waals surface area contributed by atoms with Crippen molar-refractivity contribution < 1.29 is 9.47 Å². The Bertz CT molecular complexity index is 486. The van der Waals surface area contributed by atoms with E-state index in [-0.39, 0.29) is 24.8 Å². The number of nitrogens with one attached hydrogen (secondary N) is 1. The van der Waals surface area contributed by atoms with Gasteiger partial charge in [0.2, 0.25) is 0 Å². The molecule has 25 heavy (non-hydrogen) atoms. The highest BCUT2D eigenvalue weighted by Gasteiger charge is 2.31. The van der Waals surface area contributed by atoms with Crippen molar-refractivity contribution in [3.63, 3.8) is 0 Å². The van der Waals surface area contributed by atoms with E-state index >= 15 is 0 Å². The van der Waals surface area contributed by atoms with Gasteiger partial charge in [0, 0.05) is 32.2 Å². The van der Waals surface area contributed by atoms with E-state index in [2.05, 4.69) is 28.4 Å². The summed E-state index contributed by atoms with van der Waals surface area (Å²) in [6, 6.07) is 7.01. The van der Waals surface area contributed by atoms with Crippen LogP contribution in [0.2, 0.25) is 0 Å². The van der Waals surface area contributed by atoms with Crippen molar-refractivity contribution in [1.29, 1.82) is 0 Å². The van der Waals surface area contributed by atoms with Gasteiger partial charge in [0.1, 0.15) is 0 Å². The summed E-state index contributed by atoms with van der Waals surface area (Å²) in [5.41, 5.74) is 1.39. The molecule has 0 spiro atoms. The van der Waals surface area contributed by atoms with Crippen molar-refractivity contribution in [3.8, 4) is 11.5 Å². The fraction of sp³-hybridized carbons (Fsp3) is 0.684. The number of methoxy groups -OCH3 is 2. The first-order chi connectivity index (χ1) is 11.3. The number of halogens is 2. The Labute approximate surface area is 164 Å². The molecule has 0 amide bonds. The Morgan fingerprint density at radius 2 is 1.60 bits per heavy atom. The summed E-state index contributed by atoms with van der Waals surface area (Å²) in [5.74, 6) is 2.43. The lowest BCUT2D eigenvalue weighted by Crippen LogP contribution is -2.47. The average Bonchev–Trinajstić information content (AvgIpc) is 2.63. The number of benzene rings is 1. The van der Waals surface area contributed by atoms with Gasteiger partial charge in [-0.3, -0.25) is 4.90 Å². The van der Waals surface area contributed by atoms with Crippen molar-refractivity contribution >= 4 is 24.8 Å². The summed E-state index contributed by atoms with van der Waals surface area (Å²) in [7, 11) is 3.43. The molecule has 2 aliphatic rings. The largest absolute Gasteiger partial charge is 0.493 e. The lowest BCUT2D eigenvalue weighted by Gasteiger charge is -2.41. The Kier molecular flexibility index (Phi) is 9.95. The van der Waals surface area contributed by atoms with Crippen LogP contribution in [0.25, 0.3) is 0 Å². The van der Waals surface area contributed by atoms with Gasteiger partial charge in [0.25, 0.3) is 0 Å². The number of rotatable bonds is 5. The van der Waals surface area contributed by atoms with Gasteiger partial charge >= 0.3 is 0 Å². The van der Waals surface area contributed by atoms with Crippen LogP contribution in [0.5, 0.6) is 11.5 Å². The van der Waals surface area contributed by atoms with Crippen molar-refractivity contribution in [2.45, 2.75) is 38.1 Å². The molecule has 6 heteroatoms. The maximum atomic E-state index is 5.55. The standard InChI is InChI=1S/C19H30N2O2.2ClH/c1-22-17-9-8-16(14-18(17)23-2)19(15-6-4-3-5-7-15)21-12-10-20-11-13-21;;/h8-9,14-15,19-20H,3-7,10-13H2,1-2H3;2*1H/t19-;;/m1../s1. The zero-order chi connectivity index (χ0) is 16.1. The van der Waals surface area contributed by atoms with Crippen molar-refractivity contribution in [3.05, 3.63) is 23.8 Å². The molecule has 3 rings (SSSR count). The van der Waals surface area contributed by atoms with Crippen LogP contribution < -0.4 is 14.8 Å². The third-order valence-electron chi connectivity index (χ3n) is 5.39. The summed E-state index contributed by atoms with van der Waals surface area (Å²) in [5, 5.41) is 3.48. The highest BCUT2D eigenvalue weighted by molar-refractivity contribution is 5.85. The molecular weight excluding hydrogens is 359 g/mol. The molecule has 1 aliphatic heterocycles. The molecule has 4 nitrogen and oxygen atoms in total. The molecule has 1 saturated heterocycles. The summed E-state index contributed by atoms with van der Waals surface area (Å²) < 4.78 is 11.0. The Morgan fingerprint density at radius 3 is 2.20 bits per heavy atom. The zero-order valence-electron chi connectivity index (χ0n) is 15.3. The van der Waals surface area contributed by atoms with E-state index in [0.29, 0.717) is 6.04 Å². The summed E-state index contributed by atoms with van der Waals surface area (Å²) in [6.45, 7) is 4.46. The zero-order valence-corrected chi connectivity index (χ0v) is 17.0. The molecule has 1 N–H and O–H groups in total. The monoisotopic (exact) mass is 390 g/mol. The predicted octanol–water partition coefficient (Wildman–Crippen LogP) is 4.07. The van der Waals surface area contributed by atoms with Crippen LogP contribution in [0.1, 0.15) is 43.7 Å². The molecule has 144 valence electrons. The normalized spacial score (nSPS) is 20.1. The minimum absolute atomic E-state index is 0. The van der Waals surface area contributed by atoms with Gasteiger partial charge in [-0.05, 0) is 36.5 Å². The maximum absolute atomic E-state index is 5.55. The SMILES string of the molecule is COc1ccc([C@@H](C2CCCCC2)N2CCNCC2)cc1OC.Cl.Cl. The van der Waals surface area contributed by atoms with Crippen molar-refractivity contribution in [2.75, 3.05) is 40.4 Å². The first-order valence-electron chi connectivity index (χ1n) is 9.00. The molecule has 1 aliphatic carbocycles. The van der Waals surface area contributed by atoms with Crippen LogP contribution in [0.15, 0.2) is 18.2 Å². The van der Waals surface area contributed by atoms with E-state index in [1.54, 1.807) is 14.2 Å². The summed E-state index contributed by atoms with van der Waals surface area (Å²) in [4.78, 5) is 2.67. The Hall–Kier alpha value is -0.680. The van der Waals surface area contributed by atoms with Gasteiger partial charge in [0.15, 0.2) is 11.5 Å². The van der Waals surface area contributed by atoms with Crippen LogP contribution in [0.3, 0.4) is 0 Å². The third kappa shape index (κ3) is 5.40. The van der Waals surface area contributed by atoms with E-state index in [0.717, 1.165) is 43.6 Å². The smallest absolute Gasteiger partial charge is 0.161 e. The van der Waals surface area contributed by atoms with Gasteiger partial charge in [0.05, 0.1) is 14.2 Å². The molecule has 0 bridgehead atoms. The fourth-order valence-corrected chi connectivity index (χ4v) is 4.23. The third-order valence-corrected chi connectivity index (χ3v) is 5.39. The molecule has 1 aromatic rings. The van der Waals surface area contributed by atoms with Gasteiger partial charge < -0.3 is 14.8 Å². The second-order valence-electron chi connectivity index (χ2n) is 6.74. The van der Waals surface area contributed by atoms with E-state index in [9.17, 15) is 0 Å². The maximum Gasteiger partial charge on any atom is 0.161 e. The molecule has 2 fully saturated rings. The van der Waals surface area contributed by atoms with E-state index in [1.807, 2.05) is 0 Å². The molecule has 0 aromatic heterocycles. The van der Waals surface area contributed by atoms with Gasteiger partial charge in [-0.1, -0.05) is 25.3 Å². The Morgan fingerprint density at radius 1 is 0.960 bits per heavy atom. The van der Waals surface area contributed by atoms with Crippen LogP contribution in [0, 0.1) is 5.92 Å². The van der Waals surface area contributed by atoms with Gasteiger partial charge in [-0.2, -0.15) is 0 Å². The number of hydrogen-bond acceptors (Lipinski definition) is 4. The number of nitrogens with zero attached hydrogens (tertiary/aromatic N) is 1. The van der Waals surface area contributed by atoms with E-state index in [1.165, 1.54) is 37.7 Å². The molecule has 0 unspecified atom stereocenters. The number of hydrogen-bond donors (Lipinski definition) is 1. The first-order valence-corrected chi connectivity index (χ1v) is 9.00. The topological polar surface area (TPSA) is 33.7 Å². The Balaban J connectivity index is 0.00000156. The quantitative estimate of drug-likeness (QED) is 0.820. The van der Waals surface area contributed by atoms with Gasteiger partial charge in [-0.25, -0.2) is 0 Å². The summed E-state index contributed by atoms with van der Waals surface area (Å²) in [6.07, 6.45) is 6.85. The molecule has 0 radical (unpaired) electrons. The molecule has 1 saturated carbocycles. The minimum atomic E-state index is 0. The highest BCUT2D eigenvalue weighted by Crippen LogP contribution is 2.41. The lowest BCUT2D eigenvalue weighted by molar-refractivity contribution is 0.103. The van der Waals surface area contributed by atoms with Crippen molar-refractivity contribution in [2.24, 2.45) is 5.92 Å². The van der Waals surface area contributed by atoms with Crippen LogP contribution in [-0.2, 0) is 0 Å².